The fourth-order valence-corrected chi connectivity index (χ4v) is 2.01. The fourth-order valence-electron chi connectivity index (χ4n) is 1.04. The van der Waals surface area contributed by atoms with Gasteiger partial charge >= 0.3 is 0 Å². The van der Waals surface area contributed by atoms with Crippen molar-refractivity contribution in [3.05, 3.63) is 19.6 Å². The summed E-state index contributed by atoms with van der Waals surface area (Å²) in [5.74, 6) is 1.22. The highest BCUT2D eigenvalue weighted by Crippen LogP contribution is 2.19. The maximum absolute atomic E-state index is 3.94. The Kier molecular flexibility index (Phi) is 8.26. The van der Waals surface area contributed by atoms with Gasteiger partial charge in [-0.15, -0.1) is 6.58 Å². The number of rotatable bonds is 7. The van der Waals surface area contributed by atoms with E-state index in [1.165, 1.54) is 18.6 Å². The third kappa shape index (κ3) is 6.49. The summed E-state index contributed by atoms with van der Waals surface area (Å²) in [5.41, 5.74) is 0. The molecule has 1 heteroatoms. The molecule has 1 radical (unpaired) electrons. The van der Waals surface area contributed by atoms with Gasteiger partial charge in [-0.25, -0.2) is 0 Å². The zero-order chi connectivity index (χ0) is 8.53. The van der Waals surface area contributed by atoms with Crippen molar-refractivity contribution in [2.24, 2.45) is 0 Å². The second kappa shape index (κ2) is 8.19. The van der Waals surface area contributed by atoms with E-state index in [-0.39, 0.29) is 0 Å². The Morgan fingerprint density at radius 3 is 2.73 bits per heavy atom. The van der Waals surface area contributed by atoms with Gasteiger partial charge < -0.3 is 0 Å². The van der Waals surface area contributed by atoms with E-state index in [4.69, 9.17) is 0 Å². The molecule has 11 heavy (non-hydrogen) atoms. The molecule has 0 aromatic heterocycles. The second-order valence-corrected chi connectivity index (χ2v) is 4.16. The molecule has 1 atom stereocenters. The minimum Gasteiger partial charge on any atom is -0.159 e. The normalized spacial score (nSPS) is 12.9. The van der Waals surface area contributed by atoms with Crippen LogP contribution in [0, 0.1) is 6.92 Å². The molecule has 0 rings (SSSR count). The molecule has 0 N–H and O–H groups in total. The predicted octanol–water partition coefficient (Wildman–Crippen LogP) is 3.69. The average molecular weight is 171 g/mol. The first-order valence-corrected chi connectivity index (χ1v) is 5.41. The van der Waals surface area contributed by atoms with Crippen LogP contribution in [0.5, 0.6) is 0 Å². The number of hydrogen-bond donors (Lipinski definition) is 0. The number of hydrogen-bond acceptors (Lipinski definition) is 1. The maximum atomic E-state index is 3.94. The van der Waals surface area contributed by atoms with Gasteiger partial charge in [0.25, 0.3) is 0 Å². The first-order chi connectivity index (χ1) is 5.35. The summed E-state index contributed by atoms with van der Waals surface area (Å²) >= 11 is 2.03. The highest BCUT2D eigenvalue weighted by molar-refractivity contribution is 7.99. The fraction of sp³-hybridized carbons (Fsp3) is 0.700. The molecule has 65 valence electrons. The Morgan fingerprint density at radius 2 is 2.27 bits per heavy atom. The van der Waals surface area contributed by atoms with Crippen molar-refractivity contribution < 1.29 is 0 Å². The summed E-state index contributed by atoms with van der Waals surface area (Å²) in [6.07, 6.45) is 6.79. The van der Waals surface area contributed by atoms with E-state index in [2.05, 4.69) is 20.4 Å². The SMILES string of the molecule is [CH2]CC(CCCC=C)SCC. The third-order valence-corrected chi connectivity index (χ3v) is 2.93. The number of thioether (sulfide) groups is 1. The van der Waals surface area contributed by atoms with Crippen LogP contribution in [-0.2, 0) is 0 Å². The van der Waals surface area contributed by atoms with Gasteiger partial charge in [0, 0.05) is 5.25 Å². The molecule has 0 amide bonds. The van der Waals surface area contributed by atoms with Gasteiger partial charge in [-0.2, -0.15) is 11.8 Å². The van der Waals surface area contributed by atoms with E-state index < -0.39 is 0 Å². The molecular formula is C10H19S. The Morgan fingerprint density at radius 1 is 1.55 bits per heavy atom. The molecule has 0 heterocycles. The summed E-state index contributed by atoms with van der Waals surface area (Å²) in [5, 5.41) is 0.778. The maximum Gasteiger partial charge on any atom is 0.00470 e. The highest BCUT2D eigenvalue weighted by Gasteiger charge is 2.03. The standard InChI is InChI=1S/C10H19S/c1-4-7-8-9-10(5-2)11-6-3/h4,10H,1-2,5-9H2,3H3. The van der Waals surface area contributed by atoms with Crippen LogP contribution < -0.4 is 0 Å². The predicted molar refractivity (Wildman–Crippen MR) is 55.9 cm³/mol. The zero-order valence-electron chi connectivity index (χ0n) is 7.51. The molecule has 0 bridgehead atoms. The minimum atomic E-state index is 0.778. The van der Waals surface area contributed by atoms with E-state index in [1.54, 1.807) is 0 Å². The molecule has 0 aliphatic carbocycles. The lowest BCUT2D eigenvalue weighted by Gasteiger charge is -2.11. The minimum absolute atomic E-state index is 0.778. The van der Waals surface area contributed by atoms with Crippen LogP contribution in [-0.4, -0.2) is 11.0 Å². The van der Waals surface area contributed by atoms with Gasteiger partial charge in [0.2, 0.25) is 0 Å². The van der Waals surface area contributed by atoms with Gasteiger partial charge in [0.1, 0.15) is 0 Å². The summed E-state index contributed by atoms with van der Waals surface area (Å²) in [4.78, 5) is 0. The van der Waals surface area contributed by atoms with E-state index in [1.807, 2.05) is 17.8 Å². The van der Waals surface area contributed by atoms with Crippen molar-refractivity contribution in [3.8, 4) is 0 Å². The monoisotopic (exact) mass is 171 g/mol. The summed E-state index contributed by atoms with van der Waals surface area (Å²) < 4.78 is 0. The molecule has 0 aliphatic rings. The first-order valence-electron chi connectivity index (χ1n) is 4.36. The van der Waals surface area contributed by atoms with Crippen LogP contribution >= 0.6 is 11.8 Å². The van der Waals surface area contributed by atoms with Crippen molar-refractivity contribution in [2.45, 2.75) is 37.9 Å². The van der Waals surface area contributed by atoms with Crippen molar-refractivity contribution in [1.82, 2.24) is 0 Å². The zero-order valence-corrected chi connectivity index (χ0v) is 8.33. The summed E-state index contributed by atoms with van der Waals surface area (Å²) in [6.45, 7) is 9.85. The second-order valence-electron chi connectivity index (χ2n) is 2.59. The van der Waals surface area contributed by atoms with Crippen LogP contribution in [0.4, 0.5) is 0 Å². The molecule has 0 fully saturated rings. The van der Waals surface area contributed by atoms with Gasteiger partial charge in [-0.1, -0.05) is 19.9 Å². The summed E-state index contributed by atoms with van der Waals surface area (Å²) in [7, 11) is 0. The first kappa shape index (κ1) is 11.1. The Hall–Kier alpha value is 0.0900. The molecule has 0 saturated heterocycles. The number of unbranched alkanes of at least 4 members (excludes halogenated alkanes) is 1. The molecule has 0 aromatic carbocycles. The van der Waals surface area contributed by atoms with E-state index >= 15 is 0 Å². The van der Waals surface area contributed by atoms with Gasteiger partial charge in [-0.05, 0) is 31.4 Å². The third-order valence-electron chi connectivity index (χ3n) is 1.66. The van der Waals surface area contributed by atoms with Crippen LogP contribution in [0.2, 0.25) is 0 Å². The van der Waals surface area contributed by atoms with Gasteiger partial charge in [0.05, 0.1) is 0 Å². The molecule has 0 saturated carbocycles. The van der Waals surface area contributed by atoms with Crippen LogP contribution in [0.1, 0.15) is 32.6 Å². The summed E-state index contributed by atoms with van der Waals surface area (Å²) in [6, 6.07) is 0. The molecule has 0 aliphatic heterocycles. The molecule has 0 aromatic rings. The van der Waals surface area contributed by atoms with Crippen molar-refractivity contribution in [2.75, 3.05) is 5.75 Å². The van der Waals surface area contributed by atoms with E-state index in [0.29, 0.717) is 0 Å². The van der Waals surface area contributed by atoms with Gasteiger partial charge in [0.15, 0.2) is 0 Å². The Bertz CT molecular complexity index is 88.9. The topological polar surface area (TPSA) is 0 Å². The molecular weight excluding hydrogens is 152 g/mol. The highest BCUT2D eigenvalue weighted by atomic mass is 32.2. The Labute approximate surface area is 75.5 Å². The van der Waals surface area contributed by atoms with Crippen molar-refractivity contribution >= 4 is 11.8 Å². The van der Waals surface area contributed by atoms with Crippen LogP contribution in [0.25, 0.3) is 0 Å². The lowest BCUT2D eigenvalue weighted by Crippen LogP contribution is -2.00. The molecule has 0 spiro atoms. The molecule has 0 nitrogen and oxygen atoms in total. The van der Waals surface area contributed by atoms with E-state index in [0.717, 1.165) is 18.1 Å². The largest absolute Gasteiger partial charge is 0.159 e. The van der Waals surface area contributed by atoms with Crippen molar-refractivity contribution in [1.29, 1.82) is 0 Å². The van der Waals surface area contributed by atoms with Crippen molar-refractivity contribution in [3.63, 3.8) is 0 Å². The van der Waals surface area contributed by atoms with Crippen LogP contribution in [0.15, 0.2) is 12.7 Å². The average Bonchev–Trinajstić information content (AvgIpc) is 2.03. The quantitative estimate of drug-likeness (QED) is 0.416. The smallest absolute Gasteiger partial charge is 0.00470 e. The molecule has 1 unspecified atom stereocenters. The Balaban J connectivity index is 3.27. The van der Waals surface area contributed by atoms with Gasteiger partial charge in [-0.3, -0.25) is 0 Å². The lowest BCUT2D eigenvalue weighted by molar-refractivity contribution is 0.710. The van der Waals surface area contributed by atoms with E-state index in [9.17, 15) is 0 Å². The number of allylic oxidation sites excluding steroid dienone is 1. The lowest BCUT2D eigenvalue weighted by atomic mass is 10.1. The van der Waals surface area contributed by atoms with Crippen LogP contribution in [0.3, 0.4) is 0 Å².